The van der Waals surface area contributed by atoms with E-state index in [2.05, 4.69) is 47.4 Å². The fourth-order valence-electron chi connectivity index (χ4n) is 3.23. The number of hydrogen-bond acceptors (Lipinski definition) is 3. The highest BCUT2D eigenvalue weighted by Crippen LogP contribution is 2.18. The third kappa shape index (κ3) is 9.14. The Kier molecular flexibility index (Phi) is 12.5. The molecule has 27 heavy (non-hydrogen) atoms. The van der Waals surface area contributed by atoms with Crippen LogP contribution in [0.5, 0.6) is 5.75 Å². The fourth-order valence-corrected chi connectivity index (χ4v) is 3.23. The van der Waals surface area contributed by atoms with Gasteiger partial charge in [0, 0.05) is 40.4 Å². The van der Waals surface area contributed by atoms with Crippen LogP contribution < -0.4 is 10.1 Å². The van der Waals surface area contributed by atoms with Crippen molar-refractivity contribution in [2.24, 2.45) is 10.9 Å². The van der Waals surface area contributed by atoms with E-state index in [1.165, 1.54) is 24.8 Å². The summed E-state index contributed by atoms with van der Waals surface area (Å²) < 4.78 is 11.2. The van der Waals surface area contributed by atoms with Gasteiger partial charge >= 0.3 is 0 Å². The summed E-state index contributed by atoms with van der Waals surface area (Å²) in [7, 11) is 3.97. The number of nitrogens with one attached hydrogen (secondary N) is 1. The molecule has 0 aliphatic carbocycles. The molecule has 1 aromatic rings. The van der Waals surface area contributed by atoms with Crippen LogP contribution in [0.25, 0.3) is 0 Å². The average Bonchev–Trinajstić information content (AvgIpc) is 2.69. The molecule has 1 heterocycles. The highest BCUT2D eigenvalue weighted by atomic mass is 127. The maximum Gasteiger partial charge on any atom is 0.193 e. The first-order valence-electron chi connectivity index (χ1n) is 9.94. The predicted octanol–water partition coefficient (Wildman–Crippen LogP) is 3.96. The molecule has 1 fully saturated rings. The van der Waals surface area contributed by atoms with Crippen LogP contribution in [0, 0.1) is 5.92 Å². The standard InChI is InChI=1S/C21H35N3O2.HI/c1-4-14-26-20-7-5-6-19(17-20)8-12-23-21(22-2)24(3)13-9-18-10-15-25-16-11-18;/h5-7,17-18H,4,8-16H2,1-3H3,(H,22,23);1H. The summed E-state index contributed by atoms with van der Waals surface area (Å²) in [6.07, 6.45) is 5.57. The van der Waals surface area contributed by atoms with E-state index >= 15 is 0 Å². The number of hydrogen-bond donors (Lipinski definition) is 1. The zero-order valence-corrected chi connectivity index (χ0v) is 19.4. The monoisotopic (exact) mass is 489 g/mol. The van der Waals surface area contributed by atoms with E-state index in [1.54, 1.807) is 0 Å². The number of ether oxygens (including phenoxy) is 2. The first-order valence-corrected chi connectivity index (χ1v) is 9.94. The maximum absolute atomic E-state index is 5.71. The van der Waals surface area contributed by atoms with Gasteiger partial charge in [-0.05, 0) is 55.7 Å². The molecule has 0 spiro atoms. The normalized spacial score (nSPS) is 15.1. The minimum absolute atomic E-state index is 0. The van der Waals surface area contributed by atoms with Crippen molar-refractivity contribution >= 4 is 29.9 Å². The van der Waals surface area contributed by atoms with Gasteiger partial charge in [-0.3, -0.25) is 4.99 Å². The number of halogens is 1. The lowest BCUT2D eigenvalue weighted by atomic mass is 9.96. The van der Waals surface area contributed by atoms with Gasteiger partial charge in [-0.2, -0.15) is 0 Å². The average molecular weight is 489 g/mol. The molecule has 1 aliphatic heterocycles. The number of rotatable bonds is 9. The molecule has 6 heteroatoms. The van der Waals surface area contributed by atoms with Crippen molar-refractivity contribution in [1.82, 2.24) is 10.2 Å². The van der Waals surface area contributed by atoms with Crippen LogP contribution >= 0.6 is 24.0 Å². The molecule has 0 unspecified atom stereocenters. The van der Waals surface area contributed by atoms with Crippen LogP contribution in [0.2, 0.25) is 0 Å². The SMILES string of the molecule is CCCOc1cccc(CCNC(=NC)N(C)CCC2CCOCC2)c1.I. The molecule has 0 saturated carbocycles. The molecule has 1 aliphatic rings. The molecule has 0 amide bonds. The van der Waals surface area contributed by atoms with Gasteiger partial charge in [0.05, 0.1) is 6.61 Å². The van der Waals surface area contributed by atoms with Crippen LogP contribution in [0.3, 0.4) is 0 Å². The van der Waals surface area contributed by atoms with Gasteiger partial charge in [-0.1, -0.05) is 19.1 Å². The molecule has 0 atom stereocenters. The highest BCUT2D eigenvalue weighted by molar-refractivity contribution is 14.0. The van der Waals surface area contributed by atoms with E-state index in [-0.39, 0.29) is 24.0 Å². The Balaban J connectivity index is 0.00000364. The molecule has 2 rings (SSSR count). The number of aliphatic imine (C=N–C) groups is 1. The second-order valence-corrected chi connectivity index (χ2v) is 6.99. The molecular formula is C21H36IN3O2. The lowest BCUT2D eigenvalue weighted by Gasteiger charge is -2.26. The molecule has 1 saturated heterocycles. The van der Waals surface area contributed by atoms with Gasteiger partial charge in [-0.25, -0.2) is 0 Å². The summed E-state index contributed by atoms with van der Waals surface area (Å²) in [4.78, 5) is 6.66. The Hall–Kier alpha value is -1.02. The summed E-state index contributed by atoms with van der Waals surface area (Å²) in [6.45, 7) is 6.63. The molecule has 1 aromatic carbocycles. The number of benzene rings is 1. The van der Waals surface area contributed by atoms with E-state index in [9.17, 15) is 0 Å². The van der Waals surface area contributed by atoms with Crippen LogP contribution in [0.4, 0.5) is 0 Å². The van der Waals surface area contributed by atoms with E-state index in [4.69, 9.17) is 9.47 Å². The van der Waals surface area contributed by atoms with Gasteiger partial charge < -0.3 is 19.7 Å². The first kappa shape index (κ1) is 24.0. The van der Waals surface area contributed by atoms with E-state index in [1.807, 2.05) is 13.1 Å². The molecular weight excluding hydrogens is 453 g/mol. The quantitative estimate of drug-likeness (QED) is 0.324. The van der Waals surface area contributed by atoms with Crippen molar-refractivity contribution in [3.05, 3.63) is 29.8 Å². The Morgan fingerprint density at radius 3 is 2.81 bits per heavy atom. The third-order valence-electron chi connectivity index (χ3n) is 4.86. The summed E-state index contributed by atoms with van der Waals surface area (Å²) in [5, 5.41) is 3.48. The minimum Gasteiger partial charge on any atom is -0.494 e. The topological polar surface area (TPSA) is 46.1 Å². The van der Waals surface area contributed by atoms with Crippen LogP contribution in [0.1, 0.15) is 38.2 Å². The van der Waals surface area contributed by atoms with E-state index < -0.39 is 0 Å². The van der Waals surface area contributed by atoms with Gasteiger partial charge in [0.15, 0.2) is 5.96 Å². The van der Waals surface area contributed by atoms with E-state index in [0.717, 1.165) is 63.4 Å². The van der Waals surface area contributed by atoms with Crippen LogP contribution in [-0.4, -0.2) is 57.9 Å². The second-order valence-electron chi connectivity index (χ2n) is 6.99. The van der Waals surface area contributed by atoms with Crippen LogP contribution in [0.15, 0.2) is 29.3 Å². The lowest BCUT2D eigenvalue weighted by Crippen LogP contribution is -2.40. The third-order valence-corrected chi connectivity index (χ3v) is 4.86. The maximum atomic E-state index is 5.71. The smallest absolute Gasteiger partial charge is 0.193 e. The summed E-state index contributed by atoms with van der Waals surface area (Å²) >= 11 is 0. The van der Waals surface area contributed by atoms with Gasteiger partial charge in [0.25, 0.3) is 0 Å². The van der Waals surface area contributed by atoms with Crippen LogP contribution in [-0.2, 0) is 11.2 Å². The molecule has 0 bridgehead atoms. The van der Waals surface area contributed by atoms with Crippen molar-refractivity contribution < 1.29 is 9.47 Å². The van der Waals surface area contributed by atoms with Crippen molar-refractivity contribution in [3.63, 3.8) is 0 Å². The van der Waals surface area contributed by atoms with E-state index in [0.29, 0.717) is 0 Å². The number of guanidine groups is 1. The zero-order chi connectivity index (χ0) is 18.6. The second kappa shape index (κ2) is 14.0. The molecule has 154 valence electrons. The zero-order valence-electron chi connectivity index (χ0n) is 17.1. The lowest BCUT2D eigenvalue weighted by molar-refractivity contribution is 0.0625. The van der Waals surface area contributed by atoms with Crippen molar-refractivity contribution in [2.75, 3.05) is 47.0 Å². The summed E-state index contributed by atoms with van der Waals surface area (Å²) in [6, 6.07) is 8.37. The first-order chi connectivity index (χ1) is 12.7. The van der Waals surface area contributed by atoms with Gasteiger partial charge in [0.1, 0.15) is 5.75 Å². The fraction of sp³-hybridized carbons (Fsp3) is 0.667. The highest BCUT2D eigenvalue weighted by Gasteiger charge is 2.15. The Morgan fingerprint density at radius 1 is 1.33 bits per heavy atom. The minimum atomic E-state index is 0. The summed E-state index contributed by atoms with van der Waals surface area (Å²) in [5.41, 5.74) is 1.28. The predicted molar refractivity (Wildman–Crippen MR) is 123 cm³/mol. The Labute approximate surface area is 181 Å². The molecule has 5 nitrogen and oxygen atoms in total. The summed E-state index contributed by atoms with van der Waals surface area (Å²) in [5.74, 6) is 2.72. The molecule has 0 radical (unpaired) electrons. The molecule has 0 aromatic heterocycles. The van der Waals surface area contributed by atoms with Crippen molar-refractivity contribution in [1.29, 1.82) is 0 Å². The van der Waals surface area contributed by atoms with Crippen molar-refractivity contribution in [2.45, 2.75) is 39.0 Å². The Morgan fingerprint density at radius 2 is 2.11 bits per heavy atom. The molecule has 1 N–H and O–H groups in total. The van der Waals surface area contributed by atoms with Gasteiger partial charge in [0.2, 0.25) is 0 Å². The Bertz CT molecular complexity index is 548. The largest absolute Gasteiger partial charge is 0.494 e. The van der Waals surface area contributed by atoms with Gasteiger partial charge in [-0.15, -0.1) is 24.0 Å². The van der Waals surface area contributed by atoms with Crippen molar-refractivity contribution in [3.8, 4) is 5.75 Å². The number of nitrogens with zero attached hydrogens (tertiary/aromatic N) is 2.